The number of carbonyl (C=O) groups excluding carboxylic acids is 2. The van der Waals surface area contributed by atoms with E-state index in [0.717, 1.165) is 22.9 Å². The molecule has 134 valence electrons. The van der Waals surface area contributed by atoms with E-state index in [0.29, 0.717) is 29.6 Å². The first kappa shape index (κ1) is 18.1. The molecule has 0 bridgehead atoms. The van der Waals surface area contributed by atoms with Gasteiger partial charge < -0.3 is 9.47 Å². The maximum atomic E-state index is 12.2. The van der Waals surface area contributed by atoms with Gasteiger partial charge in [0.15, 0.2) is 11.5 Å². The molecule has 5 nitrogen and oxygen atoms in total. The molecule has 26 heavy (non-hydrogen) atoms. The molecule has 0 unspecified atom stereocenters. The van der Waals surface area contributed by atoms with Crippen LogP contribution in [0.2, 0.25) is 0 Å². The van der Waals surface area contributed by atoms with E-state index >= 15 is 0 Å². The zero-order chi connectivity index (χ0) is 18.5. The van der Waals surface area contributed by atoms with Gasteiger partial charge in [-0.15, -0.1) is 0 Å². The first-order valence-electron chi connectivity index (χ1n) is 8.22. The van der Waals surface area contributed by atoms with E-state index in [2.05, 4.69) is 0 Å². The number of hydrogen-bond acceptors (Lipinski definition) is 5. The van der Waals surface area contributed by atoms with Crippen molar-refractivity contribution in [3.05, 3.63) is 64.6 Å². The summed E-state index contributed by atoms with van der Waals surface area (Å²) in [6.45, 7) is 2.56. The van der Waals surface area contributed by atoms with Crippen molar-refractivity contribution in [3.63, 3.8) is 0 Å². The number of hydrogen-bond donors (Lipinski definition) is 0. The molecule has 1 saturated heterocycles. The average molecular weight is 369 g/mol. The van der Waals surface area contributed by atoms with E-state index in [1.807, 2.05) is 42.5 Å². The van der Waals surface area contributed by atoms with Crippen LogP contribution >= 0.6 is 11.8 Å². The first-order chi connectivity index (χ1) is 12.6. The lowest BCUT2D eigenvalue weighted by atomic mass is 10.1. The second kappa shape index (κ2) is 8.10. The summed E-state index contributed by atoms with van der Waals surface area (Å²) in [5.74, 6) is 0.935. The minimum absolute atomic E-state index is 0.238. The summed E-state index contributed by atoms with van der Waals surface area (Å²) in [6, 6.07) is 15.3. The number of rotatable bonds is 6. The van der Waals surface area contributed by atoms with E-state index in [9.17, 15) is 9.59 Å². The van der Waals surface area contributed by atoms with Crippen LogP contribution in [0.25, 0.3) is 6.08 Å². The molecule has 3 rings (SSSR count). The predicted octanol–water partition coefficient (Wildman–Crippen LogP) is 4.33. The summed E-state index contributed by atoms with van der Waals surface area (Å²) in [4.78, 5) is 25.7. The van der Waals surface area contributed by atoms with Crippen LogP contribution in [0.15, 0.2) is 53.4 Å². The second-order valence-electron chi connectivity index (χ2n) is 5.61. The quantitative estimate of drug-likeness (QED) is 0.710. The molecule has 0 saturated carbocycles. The van der Waals surface area contributed by atoms with Crippen LogP contribution in [0, 0.1) is 0 Å². The van der Waals surface area contributed by atoms with Crippen molar-refractivity contribution in [2.24, 2.45) is 0 Å². The van der Waals surface area contributed by atoms with E-state index in [-0.39, 0.29) is 11.1 Å². The lowest BCUT2D eigenvalue weighted by molar-refractivity contribution is -0.122. The highest BCUT2D eigenvalue weighted by Crippen LogP contribution is 2.34. The molecule has 2 aromatic carbocycles. The Labute approximate surface area is 156 Å². The van der Waals surface area contributed by atoms with Gasteiger partial charge in [0.2, 0.25) is 0 Å². The molecule has 1 fully saturated rings. The summed E-state index contributed by atoms with van der Waals surface area (Å²) < 4.78 is 11.2. The Balaban J connectivity index is 1.82. The van der Waals surface area contributed by atoms with Gasteiger partial charge in [-0.2, -0.15) is 0 Å². The largest absolute Gasteiger partial charge is 0.493 e. The van der Waals surface area contributed by atoms with Crippen molar-refractivity contribution in [2.45, 2.75) is 13.5 Å². The molecule has 2 aromatic rings. The van der Waals surface area contributed by atoms with Crippen LogP contribution in [0.3, 0.4) is 0 Å². The average Bonchev–Trinajstić information content (AvgIpc) is 2.93. The van der Waals surface area contributed by atoms with Crippen LogP contribution in [0.5, 0.6) is 11.5 Å². The van der Waals surface area contributed by atoms with Crippen LogP contribution in [-0.4, -0.2) is 29.7 Å². The lowest BCUT2D eigenvalue weighted by Crippen LogP contribution is -2.27. The van der Waals surface area contributed by atoms with Gasteiger partial charge in [0.1, 0.15) is 6.61 Å². The molecule has 0 aliphatic carbocycles. The Morgan fingerprint density at radius 3 is 2.50 bits per heavy atom. The van der Waals surface area contributed by atoms with Gasteiger partial charge in [-0.3, -0.25) is 14.5 Å². The Hall–Kier alpha value is -2.73. The fourth-order valence-corrected chi connectivity index (χ4v) is 3.46. The summed E-state index contributed by atoms with van der Waals surface area (Å²) >= 11 is 0.954. The molecule has 0 atom stereocenters. The summed E-state index contributed by atoms with van der Waals surface area (Å²) in [6.07, 6.45) is 1.70. The van der Waals surface area contributed by atoms with Gasteiger partial charge in [-0.05, 0) is 48.0 Å². The van der Waals surface area contributed by atoms with Gasteiger partial charge in [-0.25, -0.2) is 0 Å². The van der Waals surface area contributed by atoms with Gasteiger partial charge in [0.25, 0.3) is 11.1 Å². The molecule has 0 aromatic heterocycles. The van der Waals surface area contributed by atoms with Crippen LogP contribution < -0.4 is 9.47 Å². The van der Waals surface area contributed by atoms with Gasteiger partial charge in [-0.1, -0.05) is 36.4 Å². The molecule has 1 aliphatic heterocycles. The van der Waals surface area contributed by atoms with Crippen molar-refractivity contribution >= 4 is 29.0 Å². The lowest BCUT2D eigenvalue weighted by Gasteiger charge is -2.12. The fraction of sp³-hybridized carbons (Fsp3) is 0.200. The number of imide groups is 1. The third-order valence-corrected chi connectivity index (χ3v) is 4.82. The van der Waals surface area contributed by atoms with E-state index < -0.39 is 0 Å². The van der Waals surface area contributed by atoms with Gasteiger partial charge in [0, 0.05) is 6.54 Å². The Kier molecular flexibility index (Phi) is 5.63. The third-order valence-electron chi connectivity index (χ3n) is 3.91. The van der Waals surface area contributed by atoms with Crippen molar-refractivity contribution in [1.29, 1.82) is 0 Å². The first-order valence-corrected chi connectivity index (χ1v) is 9.04. The fourth-order valence-electron chi connectivity index (χ4n) is 2.56. The molecule has 1 heterocycles. The van der Waals surface area contributed by atoms with Crippen molar-refractivity contribution < 1.29 is 19.1 Å². The number of likely N-dealkylation sites (N-methyl/N-ethyl adjacent to an activating group) is 1. The standard InChI is InChI=1S/C20H19NO4S/c1-3-21-19(22)18(26-20(21)23)12-15-9-10-16(24-2)17(11-15)25-13-14-7-5-4-6-8-14/h4-12H,3,13H2,1-2H3/b18-12+. The number of benzene rings is 2. The maximum absolute atomic E-state index is 12.2. The topological polar surface area (TPSA) is 55.8 Å². The summed E-state index contributed by atoms with van der Waals surface area (Å²) in [7, 11) is 1.58. The number of methoxy groups -OCH3 is 1. The van der Waals surface area contributed by atoms with Crippen molar-refractivity contribution in [2.75, 3.05) is 13.7 Å². The monoisotopic (exact) mass is 369 g/mol. The van der Waals surface area contributed by atoms with Crippen LogP contribution in [0.1, 0.15) is 18.1 Å². The SMILES string of the molecule is CCN1C(=O)S/C(=C/c2ccc(OC)c(OCc3ccccc3)c2)C1=O. The highest BCUT2D eigenvalue weighted by Gasteiger charge is 2.33. The number of ether oxygens (including phenoxy) is 2. The van der Waals surface area contributed by atoms with Crippen molar-refractivity contribution in [1.82, 2.24) is 4.90 Å². The normalized spacial score (nSPS) is 15.6. The number of carbonyl (C=O) groups is 2. The van der Waals surface area contributed by atoms with Gasteiger partial charge >= 0.3 is 0 Å². The highest BCUT2D eigenvalue weighted by atomic mass is 32.2. The Morgan fingerprint density at radius 1 is 1.08 bits per heavy atom. The van der Waals surface area contributed by atoms with E-state index in [4.69, 9.17) is 9.47 Å². The molecule has 2 amide bonds. The van der Waals surface area contributed by atoms with Crippen molar-refractivity contribution in [3.8, 4) is 11.5 Å². The smallest absolute Gasteiger partial charge is 0.293 e. The molecule has 0 N–H and O–H groups in total. The Bertz CT molecular complexity index is 848. The zero-order valence-electron chi connectivity index (χ0n) is 14.6. The highest BCUT2D eigenvalue weighted by molar-refractivity contribution is 8.18. The molecule has 6 heteroatoms. The predicted molar refractivity (Wildman–Crippen MR) is 102 cm³/mol. The van der Waals surface area contributed by atoms with E-state index in [1.54, 1.807) is 26.2 Å². The molecule has 0 spiro atoms. The number of amides is 2. The maximum Gasteiger partial charge on any atom is 0.293 e. The van der Waals surface area contributed by atoms with Crippen LogP contribution in [-0.2, 0) is 11.4 Å². The molecular weight excluding hydrogens is 350 g/mol. The minimum Gasteiger partial charge on any atom is -0.493 e. The Morgan fingerprint density at radius 2 is 1.85 bits per heavy atom. The van der Waals surface area contributed by atoms with Crippen LogP contribution in [0.4, 0.5) is 4.79 Å². The zero-order valence-corrected chi connectivity index (χ0v) is 15.4. The summed E-state index contributed by atoms with van der Waals surface area (Å²) in [5.41, 5.74) is 1.82. The molecule has 0 radical (unpaired) electrons. The number of thioether (sulfide) groups is 1. The minimum atomic E-state index is -0.259. The summed E-state index contributed by atoms with van der Waals surface area (Å²) in [5, 5.41) is -0.238. The van der Waals surface area contributed by atoms with Gasteiger partial charge in [0.05, 0.1) is 12.0 Å². The van der Waals surface area contributed by atoms with E-state index in [1.165, 1.54) is 4.90 Å². The molecular formula is C20H19NO4S. The second-order valence-corrected chi connectivity index (χ2v) is 6.60. The number of nitrogens with zero attached hydrogens (tertiary/aromatic N) is 1. The third kappa shape index (κ3) is 3.91. The molecule has 1 aliphatic rings.